The van der Waals surface area contributed by atoms with E-state index < -0.39 is 16.0 Å². The molecular formula is C15H20N2O5S. The lowest BCUT2D eigenvalue weighted by Gasteiger charge is -2.22. The van der Waals surface area contributed by atoms with Gasteiger partial charge in [0.05, 0.1) is 10.5 Å². The minimum Gasteiger partial charge on any atom is -0.478 e. The molecule has 7 nitrogen and oxygen atoms in total. The molecule has 0 atom stereocenters. The number of nitrogens with one attached hydrogen (secondary N) is 1. The largest absolute Gasteiger partial charge is 0.478 e. The lowest BCUT2D eigenvalue weighted by atomic mass is 10.0. The van der Waals surface area contributed by atoms with E-state index in [-0.39, 0.29) is 48.3 Å². The summed E-state index contributed by atoms with van der Waals surface area (Å²) in [5, 5.41) is 11.8. The van der Waals surface area contributed by atoms with Gasteiger partial charge in [0.25, 0.3) is 0 Å². The van der Waals surface area contributed by atoms with Gasteiger partial charge >= 0.3 is 5.97 Å². The van der Waals surface area contributed by atoms with Crippen LogP contribution in [0.1, 0.15) is 42.1 Å². The molecule has 1 saturated heterocycles. The quantitative estimate of drug-likeness (QED) is 0.851. The highest BCUT2D eigenvalue weighted by atomic mass is 32.2. The molecule has 23 heavy (non-hydrogen) atoms. The Morgan fingerprint density at radius 3 is 2.61 bits per heavy atom. The fraction of sp³-hybridized carbons (Fsp3) is 0.467. The van der Waals surface area contributed by atoms with Gasteiger partial charge in [-0.05, 0) is 23.6 Å². The third-order valence-corrected chi connectivity index (χ3v) is 5.73. The first-order valence-electron chi connectivity index (χ1n) is 7.37. The SMILES string of the molecule is CC(C)c1ccc(C(=O)O)cc1S(=O)(=O)N1CCNC(=O)CC1. The standard InChI is InChI=1S/C15H20N2O5S/c1-10(2)12-4-3-11(15(19)20)9-13(12)23(21,22)17-7-5-14(18)16-6-8-17/h3-4,9-10H,5-8H2,1-2H3,(H,16,18)(H,19,20). The van der Waals surface area contributed by atoms with Crippen LogP contribution in [0.2, 0.25) is 0 Å². The maximum absolute atomic E-state index is 12.9. The van der Waals surface area contributed by atoms with E-state index in [0.29, 0.717) is 5.56 Å². The van der Waals surface area contributed by atoms with Gasteiger partial charge in [-0.1, -0.05) is 19.9 Å². The Morgan fingerprint density at radius 2 is 2.00 bits per heavy atom. The number of carbonyl (C=O) groups is 2. The number of sulfonamides is 1. The van der Waals surface area contributed by atoms with Crippen molar-refractivity contribution in [3.63, 3.8) is 0 Å². The van der Waals surface area contributed by atoms with Crippen molar-refractivity contribution in [2.45, 2.75) is 31.1 Å². The van der Waals surface area contributed by atoms with Gasteiger partial charge in [0.15, 0.2) is 0 Å². The summed E-state index contributed by atoms with van der Waals surface area (Å²) >= 11 is 0. The average Bonchev–Trinajstić information content (AvgIpc) is 2.71. The number of aromatic carboxylic acids is 1. The summed E-state index contributed by atoms with van der Waals surface area (Å²) in [4.78, 5) is 22.6. The van der Waals surface area contributed by atoms with E-state index in [4.69, 9.17) is 5.11 Å². The summed E-state index contributed by atoms with van der Waals surface area (Å²) in [7, 11) is -3.86. The van der Waals surface area contributed by atoms with Crippen molar-refractivity contribution in [2.24, 2.45) is 0 Å². The van der Waals surface area contributed by atoms with Gasteiger partial charge in [-0.3, -0.25) is 4.79 Å². The number of amides is 1. The van der Waals surface area contributed by atoms with E-state index in [0.717, 1.165) is 0 Å². The highest BCUT2D eigenvalue weighted by Crippen LogP contribution is 2.28. The van der Waals surface area contributed by atoms with Gasteiger partial charge in [0.1, 0.15) is 0 Å². The summed E-state index contributed by atoms with van der Waals surface area (Å²) < 4.78 is 27.1. The molecule has 0 bridgehead atoms. The number of carboxylic acids is 1. The molecular weight excluding hydrogens is 320 g/mol. The van der Waals surface area contributed by atoms with E-state index >= 15 is 0 Å². The summed E-state index contributed by atoms with van der Waals surface area (Å²) in [6.45, 7) is 4.20. The molecule has 126 valence electrons. The Balaban J connectivity index is 2.50. The molecule has 0 spiro atoms. The highest BCUT2D eigenvalue weighted by molar-refractivity contribution is 7.89. The number of carboxylic acid groups (broad SMARTS) is 1. The molecule has 8 heteroatoms. The molecule has 0 unspecified atom stereocenters. The van der Waals surface area contributed by atoms with Crippen molar-refractivity contribution < 1.29 is 23.1 Å². The van der Waals surface area contributed by atoms with Crippen molar-refractivity contribution in [3.8, 4) is 0 Å². The summed E-state index contributed by atoms with van der Waals surface area (Å²) in [5.74, 6) is -1.44. The Hall–Kier alpha value is -1.93. The molecule has 2 N–H and O–H groups in total. The number of nitrogens with zero attached hydrogens (tertiary/aromatic N) is 1. The van der Waals surface area contributed by atoms with Gasteiger partial charge in [0.2, 0.25) is 15.9 Å². The van der Waals surface area contributed by atoms with Crippen LogP contribution in [-0.4, -0.2) is 49.3 Å². The Labute approximate surface area is 135 Å². The molecule has 1 aliphatic rings. The monoisotopic (exact) mass is 340 g/mol. The van der Waals surface area contributed by atoms with Crippen LogP contribution in [0.15, 0.2) is 23.1 Å². The van der Waals surface area contributed by atoms with Crippen molar-refractivity contribution in [3.05, 3.63) is 29.3 Å². The summed E-state index contributed by atoms with van der Waals surface area (Å²) in [5.41, 5.74) is 0.496. The van der Waals surface area contributed by atoms with Crippen LogP contribution < -0.4 is 5.32 Å². The van der Waals surface area contributed by atoms with E-state index in [1.54, 1.807) is 6.07 Å². The molecule has 0 aromatic heterocycles. The van der Waals surface area contributed by atoms with Crippen molar-refractivity contribution in [1.82, 2.24) is 9.62 Å². The molecule has 1 fully saturated rings. The maximum Gasteiger partial charge on any atom is 0.335 e. The molecule has 1 aromatic carbocycles. The molecule has 0 radical (unpaired) electrons. The third kappa shape index (κ3) is 3.70. The zero-order chi connectivity index (χ0) is 17.2. The zero-order valence-corrected chi connectivity index (χ0v) is 13.9. The number of hydrogen-bond donors (Lipinski definition) is 2. The van der Waals surface area contributed by atoms with Crippen LogP contribution >= 0.6 is 0 Å². The number of hydrogen-bond acceptors (Lipinski definition) is 4. The topological polar surface area (TPSA) is 104 Å². The van der Waals surface area contributed by atoms with Crippen molar-refractivity contribution >= 4 is 21.9 Å². The average molecular weight is 340 g/mol. The van der Waals surface area contributed by atoms with Gasteiger partial charge in [-0.2, -0.15) is 4.31 Å². The van der Waals surface area contributed by atoms with Crippen LogP contribution in [0.3, 0.4) is 0 Å². The molecule has 0 aliphatic carbocycles. The summed E-state index contributed by atoms with van der Waals surface area (Å²) in [6, 6.07) is 4.15. The fourth-order valence-electron chi connectivity index (χ4n) is 2.49. The van der Waals surface area contributed by atoms with E-state index in [2.05, 4.69) is 5.32 Å². The van der Waals surface area contributed by atoms with Crippen LogP contribution in [0.25, 0.3) is 0 Å². The van der Waals surface area contributed by atoms with Crippen LogP contribution in [0.5, 0.6) is 0 Å². The van der Waals surface area contributed by atoms with Gasteiger partial charge in [-0.25, -0.2) is 13.2 Å². The van der Waals surface area contributed by atoms with Crippen LogP contribution in [0.4, 0.5) is 0 Å². The smallest absolute Gasteiger partial charge is 0.335 e. The van der Waals surface area contributed by atoms with Crippen molar-refractivity contribution in [2.75, 3.05) is 19.6 Å². The maximum atomic E-state index is 12.9. The molecule has 2 rings (SSSR count). The predicted octanol–water partition coefficient (Wildman–Crippen LogP) is 1.02. The number of benzene rings is 1. The highest BCUT2D eigenvalue weighted by Gasteiger charge is 2.30. The third-order valence-electron chi connectivity index (χ3n) is 3.77. The Kier molecular flexibility index (Phi) is 5.06. The fourth-order valence-corrected chi connectivity index (χ4v) is 4.31. The van der Waals surface area contributed by atoms with Gasteiger partial charge in [-0.15, -0.1) is 0 Å². The van der Waals surface area contributed by atoms with E-state index in [9.17, 15) is 18.0 Å². The molecule has 1 heterocycles. The van der Waals surface area contributed by atoms with Crippen LogP contribution in [-0.2, 0) is 14.8 Å². The first kappa shape index (κ1) is 17.4. The first-order chi connectivity index (χ1) is 10.7. The Bertz CT molecular complexity index is 727. The number of rotatable bonds is 4. The lowest BCUT2D eigenvalue weighted by Crippen LogP contribution is -2.35. The predicted molar refractivity (Wildman–Crippen MR) is 83.9 cm³/mol. The minimum absolute atomic E-state index is 0.00162. The van der Waals surface area contributed by atoms with E-state index in [1.165, 1.54) is 16.4 Å². The Morgan fingerprint density at radius 1 is 1.30 bits per heavy atom. The second kappa shape index (κ2) is 6.67. The normalized spacial score (nSPS) is 16.9. The molecule has 1 aromatic rings. The minimum atomic E-state index is -3.86. The molecule has 1 aliphatic heterocycles. The van der Waals surface area contributed by atoms with Crippen molar-refractivity contribution in [1.29, 1.82) is 0 Å². The van der Waals surface area contributed by atoms with Crippen LogP contribution in [0, 0.1) is 0 Å². The first-order valence-corrected chi connectivity index (χ1v) is 8.81. The second-order valence-corrected chi connectivity index (χ2v) is 7.62. The molecule has 0 saturated carbocycles. The lowest BCUT2D eigenvalue weighted by molar-refractivity contribution is -0.120. The molecule has 1 amide bonds. The van der Waals surface area contributed by atoms with E-state index in [1.807, 2.05) is 13.8 Å². The second-order valence-electron chi connectivity index (χ2n) is 5.72. The van der Waals surface area contributed by atoms with Gasteiger partial charge < -0.3 is 10.4 Å². The van der Waals surface area contributed by atoms with Gasteiger partial charge in [0, 0.05) is 26.1 Å². The number of carbonyl (C=O) groups excluding carboxylic acids is 1. The summed E-state index contributed by atoms with van der Waals surface area (Å²) in [6.07, 6.45) is 0.0921. The zero-order valence-electron chi connectivity index (χ0n) is 13.1.